The molecule has 1 aliphatic heterocycles. The van der Waals surface area contributed by atoms with Crippen LogP contribution in [0.1, 0.15) is 13.8 Å². The second-order valence-electron chi connectivity index (χ2n) is 5.78. The molecule has 1 fully saturated rings. The van der Waals surface area contributed by atoms with E-state index in [0.717, 1.165) is 18.9 Å². The summed E-state index contributed by atoms with van der Waals surface area (Å²) >= 11 is 5.97. The summed E-state index contributed by atoms with van der Waals surface area (Å²) in [4.78, 5) is 24.1. The summed E-state index contributed by atoms with van der Waals surface area (Å²) in [5.74, 6) is 1.98. The summed E-state index contributed by atoms with van der Waals surface area (Å²) in [6.45, 7) is 5.79. The predicted octanol–water partition coefficient (Wildman–Crippen LogP) is 2.98. The monoisotopic (exact) mass is 346 g/mol. The second kappa shape index (κ2) is 7.05. The number of carbonyl (C=O) groups is 1. The summed E-state index contributed by atoms with van der Waals surface area (Å²) in [7, 11) is 0. The molecule has 126 valence electrons. The second-order valence-corrected chi connectivity index (χ2v) is 6.22. The number of hydrogen-bond acceptors (Lipinski definition) is 5. The van der Waals surface area contributed by atoms with Crippen LogP contribution in [0.4, 0.5) is 5.82 Å². The third kappa shape index (κ3) is 3.76. The molecule has 2 heterocycles. The molecule has 3 rings (SSSR count). The van der Waals surface area contributed by atoms with E-state index in [9.17, 15) is 4.79 Å². The van der Waals surface area contributed by atoms with E-state index in [2.05, 4.69) is 14.9 Å². The van der Waals surface area contributed by atoms with Gasteiger partial charge >= 0.3 is 0 Å². The van der Waals surface area contributed by atoms with E-state index < -0.39 is 0 Å². The summed E-state index contributed by atoms with van der Waals surface area (Å²) in [6, 6.07) is 9.11. The number of benzene rings is 1. The molecule has 1 aromatic carbocycles. The SMILES string of the molecule is CC(=O)N1CCN(c2cc(Oc3cccc(Cl)c3)ncn2)C[C@H]1C. The first-order valence-electron chi connectivity index (χ1n) is 7.80. The van der Waals surface area contributed by atoms with Gasteiger partial charge in [0, 0.05) is 43.7 Å². The highest BCUT2D eigenvalue weighted by Crippen LogP contribution is 2.25. The minimum Gasteiger partial charge on any atom is -0.439 e. The van der Waals surface area contributed by atoms with Crippen LogP contribution in [0.3, 0.4) is 0 Å². The number of carbonyl (C=O) groups excluding carboxylic acids is 1. The normalized spacial score (nSPS) is 17.7. The van der Waals surface area contributed by atoms with Gasteiger partial charge in [-0.2, -0.15) is 0 Å². The highest BCUT2D eigenvalue weighted by Gasteiger charge is 2.26. The average Bonchev–Trinajstić information content (AvgIpc) is 2.54. The van der Waals surface area contributed by atoms with Gasteiger partial charge in [0.2, 0.25) is 11.8 Å². The summed E-state index contributed by atoms with van der Waals surface area (Å²) in [5, 5.41) is 0.607. The zero-order chi connectivity index (χ0) is 17.1. The van der Waals surface area contributed by atoms with E-state index in [-0.39, 0.29) is 11.9 Å². The highest BCUT2D eigenvalue weighted by molar-refractivity contribution is 6.30. The molecular weight excluding hydrogens is 328 g/mol. The minimum atomic E-state index is 0.106. The van der Waals surface area contributed by atoms with Crippen molar-refractivity contribution in [2.75, 3.05) is 24.5 Å². The Balaban J connectivity index is 1.73. The van der Waals surface area contributed by atoms with Crippen LogP contribution in [0.2, 0.25) is 5.02 Å². The van der Waals surface area contributed by atoms with Crippen LogP contribution in [0.15, 0.2) is 36.7 Å². The maximum Gasteiger partial charge on any atom is 0.224 e. The number of ether oxygens (including phenoxy) is 1. The zero-order valence-electron chi connectivity index (χ0n) is 13.6. The fraction of sp³-hybridized carbons (Fsp3) is 0.353. The summed E-state index contributed by atoms with van der Waals surface area (Å²) in [5.41, 5.74) is 0. The molecule has 0 radical (unpaired) electrons. The highest BCUT2D eigenvalue weighted by atomic mass is 35.5. The van der Waals surface area contributed by atoms with Crippen LogP contribution in [-0.2, 0) is 4.79 Å². The molecule has 0 aliphatic carbocycles. The van der Waals surface area contributed by atoms with Gasteiger partial charge in [-0.15, -0.1) is 0 Å². The quantitative estimate of drug-likeness (QED) is 0.855. The Bertz CT molecular complexity index is 740. The van der Waals surface area contributed by atoms with E-state index in [1.165, 1.54) is 6.33 Å². The molecule has 1 saturated heterocycles. The van der Waals surface area contributed by atoms with Gasteiger partial charge in [-0.25, -0.2) is 9.97 Å². The van der Waals surface area contributed by atoms with Gasteiger partial charge in [-0.05, 0) is 25.1 Å². The van der Waals surface area contributed by atoms with Crippen LogP contribution < -0.4 is 9.64 Å². The molecule has 1 amide bonds. The smallest absolute Gasteiger partial charge is 0.224 e. The number of nitrogens with zero attached hydrogens (tertiary/aromatic N) is 4. The molecule has 2 aromatic rings. The first kappa shape index (κ1) is 16.5. The Hall–Kier alpha value is -2.34. The average molecular weight is 347 g/mol. The van der Waals surface area contributed by atoms with E-state index in [0.29, 0.717) is 23.2 Å². The van der Waals surface area contributed by atoms with Gasteiger partial charge in [0.1, 0.15) is 17.9 Å². The van der Waals surface area contributed by atoms with Gasteiger partial charge < -0.3 is 14.5 Å². The van der Waals surface area contributed by atoms with E-state index in [1.54, 1.807) is 25.1 Å². The fourth-order valence-electron chi connectivity index (χ4n) is 2.84. The van der Waals surface area contributed by atoms with E-state index in [4.69, 9.17) is 16.3 Å². The zero-order valence-corrected chi connectivity index (χ0v) is 14.4. The summed E-state index contributed by atoms with van der Waals surface area (Å²) < 4.78 is 5.75. The van der Waals surface area contributed by atoms with Gasteiger partial charge in [0.05, 0.1) is 0 Å². The minimum absolute atomic E-state index is 0.106. The van der Waals surface area contributed by atoms with Crippen molar-refractivity contribution in [2.24, 2.45) is 0 Å². The Labute approximate surface area is 146 Å². The van der Waals surface area contributed by atoms with Crippen molar-refractivity contribution >= 4 is 23.3 Å². The molecule has 1 aliphatic rings. The Morgan fingerprint density at radius 1 is 1.29 bits per heavy atom. The molecule has 7 heteroatoms. The molecule has 1 aromatic heterocycles. The lowest BCUT2D eigenvalue weighted by molar-refractivity contribution is -0.131. The van der Waals surface area contributed by atoms with Gasteiger partial charge in [0.15, 0.2) is 0 Å². The van der Waals surface area contributed by atoms with Crippen molar-refractivity contribution in [2.45, 2.75) is 19.9 Å². The molecule has 6 nitrogen and oxygen atoms in total. The van der Waals surface area contributed by atoms with Crippen molar-refractivity contribution in [3.8, 4) is 11.6 Å². The Kier molecular flexibility index (Phi) is 4.85. The van der Waals surface area contributed by atoms with Crippen molar-refractivity contribution in [3.63, 3.8) is 0 Å². The van der Waals surface area contributed by atoms with Crippen LogP contribution in [0, 0.1) is 0 Å². The Morgan fingerprint density at radius 3 is 2.83 bits per heavy atom. The largest absolute Gasteiger partial charge is 0.439 e. The predicted molar refractivity (Wildman–Crippen MR) is 92.6 cm³/mol. The van der Waals surface area contributed by atoms with Crippen molar-refractivity contribution in [1.82, 2.24) is 14.9 Å². The molecule has 1 atom stereocenters. The molecule has 24 heavy (non-hydrogen) atoms. The maximum absolute atomic E-state index is 11.6. The van der Waals surface area contributed by atoms with Crippen molar-refractivity contribution in [3.05, 3.63) is 41.7 Å². The number of amides is 1. The molecule has 0 N–H and O–H groups in total. The number of piperazine rings is 1. The number of halogens is 1. The standard InChI is InChI=1S/C17H19ClN4O2/c1-12-10-21(6-7-22(12)13(2)23)16-9-17(20-11-19-16)24-15-5-3-4-14(18)8-15/h3-5,8-9,11-12H,6-7,10H2,1-2H3/t12-/m1/s1. The lowest BCUT2D eigenvalue weighted by Crippen LogP contribution is -2.53. The number of anilines is 1. The lowest BCUT2D eigenvalue weighted by Gasteiger charge is -2.39. The molecule has 0 saturated carbocycles. The first-order chi connectivity index (χ1) is 11.5. The molecule has 0 spiro atoms. The van der Waals surface area contributed by atoms with Crippen molar-refractivity contribution in [1.29, 1.82) is 0 Å². The Morgan fingerprint density at radius 2 is 2.12 bits per heavy atom. The van der Waals surface area contributed by atoms with E-state index in [1.807, 2.05) is 24.0 Å². The number of aromatic nitrogens is 2. The van der Waals surface area contributed by atoms with Gasteiger partial charge in [-0.3, -0.25) is 4.79 Å². The van der Waals surface area contributed by atoms with Crippen LogP contribution in [0.25, 0.3) is 0 Å². The molecular formula is C17H19ClN4O2. The maximum atomic E-state index is 11.6. The van der Waals surface area contributed by atoms with Crippen LogP contribution >= 0.6 is 11.6 Å². The van der Waals surface area contributed by atoms with Crippen LogP contribution in [-0.4, -0.2) is 46.5 Å². The van der Waals surface area contributed by atoms with Gasteiger partial charge in [0.25, 0.3) is 0 Å². The number of rotatable bonds is 3. The van der Waals surface area contributed by atoms with Gasteiger partial charge in [-0.1, -0.05) is 17.7 Å². The third-order valence-corrected chi connectivity index (χ3v) is 4.24. The molecule has 0 unspecified atom stereocenters. The van der Waals surface area contributed by atoms with Crippen molar-refractivity contribution < 1.29 is 9.53 Å². The number of hydrogen-bond donors (Lipinski definition) is 0. The first-order valence-corrected chi connectivity index (χ1v) is 8.18. The van der Waals surface area contributed by atoms with E-state index >= 15 is 0 Å². The molecule has 0 bridgehead atoms. The third-order valence-electron chi connectivity index (χ3n) is 4.00. The lowest BCUT2D eigenvalue weighted by atomic mass is 10.2. The van der Waals surface area contributed by atoms with Crippen LogP contribution in [0.5, 0.6) is 11.6 Å². The fourth-order valence-corrected chi connectivity index (χ4v) is 3.02. The summed E-state index contributed by atoms with van der Waals surface area (Å²) in [6.07, 6.45) is 1.48. The topological polar surface area (TPSA) is 58.6 Å².